The highest BCUT2D eigenvalue weighted by molar-refractivity contribution is 5.94. The van der Waals surface area contributed by atoms with Crippen LogP contribution in [0.15, 0.2) is 46.9 Å². The number of aromatic nitrogens is 2. The summed E-state index contributed by atoms with van der Waals surface area (Å²) in [6.07, 6.45) is 0.472. The number of hydrogen-bond donors (Lipinski definition) is 1. The largest absolute Gasteiger partial charge is 0.497 e. The van der Waals surface area contributed by atoms with Gasteiger partial charge in [0.05, 0.1) is 7.11 Å². The summed E-state index contributed by atoms with van der Waals surface area (Å²) in [6.45, 7) is 4.44. The Hall–Kier alpha value is -3.15. The molecular weight excluding hydrogens is 330 g/mol. The lowest BCUT2D eigenvalue weighted by Crippen LogP contribution is -2.25. The van der Waals surface area contributed by atoms with Crippen LogP contribution in [0.3, 0.4) is 0 Å². The van der Waals surface area contributed by atoms with E-state index in [0.717, 1.165) is 16.9 Å². The number of nitrogens with zero attached hydrogens (tertiary/aromatic N) is 2. The SMILES string of the molecule is COc1ccc(-c2nnc(CCNC(=O)c3ccc(C)c(C)c3)o2)cc1. The second-order valence-corrected chi connectivity index (χ2v) is 6.03. The molecule has 1 aromatic heterocycles. The van der Waals surface area contributed by atoms with E-state index in [1.807, 2.05) is 56.3 Å². The van der Waals surface area contributed by atoms with Gasteiger partial charge in [0.2, 0.25) is 11.8 Å². The summed E-state index contributed by atoms with van der Waals surface area (Å²) >= 11 is 0. The average molecular weight is 351 g/mol. The molecule has 0 fully saturated rings. The molecule has 1 amide bonds. The maximum absolute atomic E-state index is 12.2. The van der Waals surface area contributed by atoms with Crippen molar-refractivity contribution < 1.29 is 13.9 Å². The summed E-state index contributed by atoms with van der Waals surface area (Å²) in [5.41, 5.74) is 3.73. The van der Waals surface area contributed by atoms with Gasteiger partial charge in [0.25, 0.3) is 5.91 Å². The van der Waals surface area contributed by atoms with E-state index in [9.17, 15) is 4.79 Å². The third-order valence-electron chi connectivity index (χ3n) is 4.20. The fourth-order valence-electron chi connectivity index (χ4n) is 2.47. The minimum absolute atomic E-state index is 0.108. The average Bonchev–Trinajstić information content (AvgIpc) is 3.13. The Bertz CT molecular complexity index is 901. The lowest BCUT2D eigenvalue weighted by atomic mass is 10.1. The van der Waals surface area contributed by atoms with Crippen molar-refractivity contribution in [2.75, 3.05) is 13.7 Å². The van der Waals surface area contributed by atoms with Gasteiger partial charge in [0.15, 0.2) is 0 Å². The Kier molecular flexibility index (Phi) is 5.31. The van der Waals surface area contributed by atoms with Crippen LogP contribution in [-0.2, 0) is 6.42 Å². The Labute approximate surface area is 152 Å². The number of hydrogen-bond acceptors (Lipinski definition) is 5. The van der Waals surface area contributed by atoms with Crippen LogP contribution in [0.5, 0.6) is 5.75 Å². The molecule has 0 aliphatic rings. The molecule has 0 saturated carbocycles. The first kappa shape index (κ1) is 17.7. The van der Waals surface area contributed by atoms with Crippen LogP contribution in [0, 0.1) is 13.8 Å². The van der Waals surface area contributed by atoms with Gasteiger partial charge in [0.1, 0.15) is 5.75 Å². The molecule has 0 spiro atoms. The number of carbonyl (C=O) groups is 1. The predicted octanol–water partition coefficient (Wildman–Crippen LogP) is 3.33. The summed E-state index contributed by atoms with van der Waals surface area (Å²) in [4.78, 5) is 12.2. The number of ether oxygens (including phenoxy) is 1. The molecule has 0 saturated heterocycles. The number of amides is 1. The van der Waals surface area contributed by atoms with Gasteiger partial charge in [-0.3, -0.25) is 4.79 Å². The molecule has 6 heteroatoms. The van der Waals surface area contributed by atoms with Crippen molar-refractivity contribution in [3.05, 3.63) is 65.0 Å². The van der Waals surface area contributed by atoms with Crippen LogP contribution in [0.2, 0.25) is 0 Å². The summed E-state index contributed by atoms with van der Waals surface area (Å²) in [6, 6.07) is 13.1. The molecule has 26 heavy (non-hydrogen) atoms. The quantitative estimate of drug-likeness (QED) is 0.737. The Balaban J connectivity index is 1.56. The maximum Gasteiger partial charge on any atom is 0.251 e. The molecule has 1 heterocycles. The lowest BCUT2D eigenvalue weighted by Gasteiger charge is -2.06. The maximum atomic E-state index is 12.2. The highest BCUT2D eigenvalue weighted by Crippen LogP contribution is 2.21. The van der Waals surface area contributed by atoms with Gasteiger partial charge in [-0.2, -0.15) is 0 Å². The normalized spacial score (nSPS) is 10.6. The minimum atomic E-state index is -0.108. The topological polar surface area (TPSA) is 77.3 Å². The Morgan fingerprint density at radius 3 is 2.54 bits per heavy atom. The number of benzene rings is 2. The van der Waals surface area contributed by atoms with E-state index in [1.54, 1.807) is 7.11 Å². The van der Waals surface area contributed by atoms with Crippen molar-refractivity contribution in [1.29, 1.82) is 0 Å². The van der Waals surface area contributed by atoms with Crippen molar-refractivity contribution >= 4 is 5.91 Å². The molecule has 0 radical (unpaired) electrons. The zero-order chi connectivity index (χ0) is 18.5. The Morgan fingerprint density at radius 1 is 1.08 bits per heavy atom. The monoisotopic (exact) mass is 351 g/mol. The molecule has 134 valence electrons. The minimum Gasteiger partial charge on any atom is -0.497 e. The van der Waals surface area contributed by atoms with E-state index >= 15 is 0 Å². The zero-order valence-electron chi connectivity index (χ0n) is 15.1. The predicted molar refractivity (Wildman–Crippen MR) is 98.2 cm³/mol. The van der Waals surface area contributed by atoms with Gasteiger partial charge in [-0.15, -0.1) is 10.2 Å². The van der Waals surface area contributed by atoms with Crippen molar-refractivity contribution in [1.82, 2.24) is 15.5 Å². The van der Waals surface area contributed by atoms with Gasteiger partial charge < -0.3 is 14.5 Å². The number of methoxy groups -OCH3 is 1. The van der Waals surface area contributed by atoms with Crippen LogP contribution >= 0.6 is 0 Å². The third kappa shape index (κ3) is 4.08. The van der Waals surface area contributed by atoms with E-state index < -0.39 is 0 Å². The van der Waals surface area contributed by atoms with Gasteiger partial charge in [-0.1, -0.05) is 6.07 Å². The summed E-state index contributed by atoms with van der Waals surface area (Å²) in [5.74, 6) is 1.59. The van der Waals surface area contributed by atoms with Crippen LogP contribution in [-0.4, -0.2) is 29.8 Å². The van der Waals surface area contributed by atoms with Crippen LogP contribution in [0.4, 0.5) is 0 Å². The second kappa shape index (κ2) is 7.82. The van der Waals surface area contributed by atoms with Crippen LogP contribution in [0.1, 0.15) is 27.4 Å². The first-order chi connectivity index (χ1) is 12.6. The molecule has 6 nitrogen and oxygen atoms in total. The number of carbonyl (C=O) groups excluding carboxylic acids is 1. The molecule has 3 aromatic rings. The smallest absolute Gasteiger partial charge is 0.251 e. The highest BCUT2D eigenvalue weighted by atomic mass is 16.5. The molecule has 2 aromatic carbocycles. The van der Waals surface area contributed by atoms with E-state index in [4.69, 9.17) is 9.15 Å². The molecule has 1 N–H and O–H groups in total. The second-order valence-electron chi connectivity index (χ2n) is 6.03. The van der Waals surface area contributed by atoms with Gasteiger partial charge >= 0.3 is 0 Å². The molecule has 0 bridgehead atoms. The lowest BCUT2D eigenvalue weighted by molar-refractivity contribution is 0.0953. The van der Waals surface area contributed by atoms with E-state index in [1.165, 1.54) is 5.56 Å². The number of aryl methyl sites for hydroxylation is 2. The highest BCUT2D eigenvalue weighted by Gasteiger charge is 2.10. The zero-order valence-corrected chi connectivity index (χ0v) is 15.1. The third-order valence-corrected chi connectivity index (χ3v) is 4.20. The van der Waals surface area contributed by atoms with E-state index in [-0.39, 0.29) is 5.91 Å². The van der Waals surface area contributed by atoms with Gasteiger partial charge in [-0.25, -0.2) is 0 Å². The van der Waals surface area contributed by atoms with Crippen molar-refractivity contribution in [2.24, 2.45) is 0 Å². The van der Waals surface area contributed by atoms with Crippen LogP contribution in [0.25, 0.3) is 11.5 Å². The van der Waals surface area contributed by atoms with Crippen molar-refractivity contribution in [3.8, 4) is 17.2 Å². The number of nitrogens with one attached hydrogen (secondary N) is 1. The van der Waals surface area contributed by atoms with Gasteiger partial charge in [0, 0.05) is 24.1 Å². The summed E-state index contributed by atoms with van der Waals surface area (Å²) in [7, 11) is 1.62. The molecule has 3 rings (SSSR count). The summed E-state index contributed by atoms with van der Waals surface area (Å²) in [5, 5.41) is 11.0. The van der Waals surface area contributed by atoms with Crippen molar-refractivity contribution in [3.63, 3.8) is 0 Å². The fourth-order valence-corrected chi connectivity index (χ4v) is 2.47. The van der Waals surface area contributed by atoms with Crippen LogP contribution < -0.4 is 10.1 Å². The number of rotatable bonds is 6. The van der Waals surface area contributed by atoms with Crippen molar-refractivity contribution in [2.45, 2.75) is 20.3 Å². The molecule has 0 aliphatic carbocycles. The molecular formula is C20H21N3O3. The van der Waals surface area contributed by atoms with E-state index in [2.05, 4.69) is 15.5 Å². The molecule has 0 unspecified atom stereocenters. The first-order valence-electron chi connectivity index (χ1n) is 8.39. The Morgan fingerprint density at radius 2 is 1.85 bits per heavy atom. The fraction of sp³-hybridized carbons (Fsp3) is 0.250. The first-order valence-corrected chi connectivity index (χ1v) is 8.39. The molecule has 0 atom stereocenters. The van der Waals surface area contributed by atoms with E-state index in [0.29, 0.717) is 30.3 Å². The van der Waals surface area contributed by atoms with Gasteiger partial charge in [-0.05, 0) is 61.4 Å². The summed E-state index contributed by atoms with van der Waals surface area (Å²) < 4.78 is 10.8. The molecule has 0 aliphatic heterocycles. The standard InChI is InChI=1S/C20H21N3O3/c1-13-4-5-16(12-14(13)2)19(24)21-11-10-18-22-23-20(26-18)15-6-8-17(25-3)9-7-15/h4-9,12H,10-11H2,1-3H3,(H,21,24).